The van der Waals surface area contributed by atoms with Crippen LogP contribution in [-0.4, -0.2) is 39.1 Å². The third kappa shape index (κ3) is 4.61. The minimum atomic E-state index is -0.385. The lowest BCUT2D eigenvalue weighted by Crippen LogP contribution is -2.66. The number of pyridine rings is 1. The van der Waals surface area contributed by atoms with Crippen molar-refractivity contribution in [2.24, 2.45) is 21.7 Å². The maximum atomic E-state index is 12.9. The number of allylic oxidation sites excluding steroid dienone is 2. The molecule has 1 heterocycles. The van der Waals surface area contributed by atoms with E-state index in [9.17, 15) is 9.90 Å². The number of hydrogen-bond donors (Lipinski definition) is 1. The second-order valence-electron chi connectivity index (χ2n) is 13.3. The Balaban J connectivity index is 1.96. The van der Waals surface area contributed by atoms with Gasteiger partial charge in [0.1, 0.15) is 0 Å². The highest BCUT2D eigenvalue weighted by Crippen LogP contribution is 2.63. The number of nitrogens with zero attached hydrogens (tertiary/aromatic N) is 2. The van der Waals surface area contributed by atoms with Crippen molar-refractivity contribution in [1.29, 1.82) is 0 Å². The predicted molar refractivity (Wildman–Crippen MR) is 146 cm³/mol. The maximum absolute atomic E-state index is 12.9. The van der Waals surface area contributed by atoms with Crippen molar-refractivity contribution in [3.63, 3.8) is 0 Å². The van der Waals surface area contributed by atoms with E-state index in [0.717, 1.165) is 45.1 Å². The molecule has 4 heteroatoms. The Morgan fingerprint density at radius 1 is 1.23 bits per heavy atom. The normalized spacial score (nSPS) is 32.9. The van der Waals surface area contributed by atoms with Crippen LogP contribution in [0.15, 0.2) is 30.6 Å². The molecule has 0 radical (unpaired) electrons. The zero-order valence-corrected chi connectivity index (χ0v) is 23.9. The van der Waals surface area contributed by atoms with Gasteiger partial charge in [0.25, 0.3) is 0 Å². The van der Waals surface area contributed by atoms with E-state index in [1.54, 1.807) is 6.92 Å². The highest BCUT2D eigenvalue weighted by molar-refractivity contribution is 5.74. The molecule has 2 aliphatic rings. The van der Waals surface area contributed by atoms with Gasteiger partial charge in [-0.05, 0) is 90.7 Å². The lowest BCUT2D eigenvalue weighted by molar-refractivity contribution is -0.166. The average molecular weight is 483 g/mol. The topological polar surface area (TPSA) is 53.4 Å². The van der Waals surface area contributed by atoms with E-state index in [2.05, 4.69) is 77.4 Å². The molecule has 0 aromatic carbocycles. The first-order valence-electron chi connectivity index (χ1n) is 13.7. The summed E-state index contributed by atoms with van der Waals surface area (Å²) in [4.78, 5) is 19.4. The summed E-state index contributed by atoms with van der Waals surface area (Å²) in [5.41, 5.74) is 2.34. The Morgan fingerprint density at radius 3 is 2.49 bits per heavy atom. The molecule has 2 aliphatic carbocycles. The van der Waals surface area contributed by atoms with E-state index in [1.807, 2.05) is 18.5 Å². The predicted octanol–water partition coefficient (Wildman–Crippen LogP) is 7.28. The fourth-order valence-electron chi connectivity index (χ4n) is 7.40. The van der Waals surface area contributed by atoms with Gasteiger partial charge >= 0.3 is 0 Å². The molecule has 4 nitrogen and oxygen atoms in total. The minimum Gasteiger partial charge on any atom is -0.393 e. The van der Waals surface area contributed by atoms with E-state index < -0.39 is 0 Å². The SMILES string of the molecule is CCCN(C(C)=O)[C@@]1(C)C[C@@H](O)CC[C@]1(C)C(C)(C)CC[C@]1(C)C(c2cccnc2)=CCC1(C)C. The number of carbonyl (C=O) groups excluding carboxylic acids is 1. The van der Waals surface area contributed by atoms with E-state index in [4.69, 9.17) is 0 Å². The van der Waals surface area contributed by atoms with Gasteiger partial charge in [-0.25, -0.2) is 0 Å². The van der Waals surface area contributed by atoms with Gasteiger partial charge in [-0.15, -0.1) is 0 Å². The first kappa shape index (κ1) is 27.9. The van der Waals surface area contributed by atoms with Gasteiger partial charge in [-0.1, -0.05) is 60.6 Å². The van der Waals surface area contributed by atoms with Gasteiger partial charge in [0.2, 0.25) is 5.91 Å². The van der Waals surface area contributed by atoms with E-state index >= 15 is 0 Å². The van der Waals surface area contributed by atoms with Gasteiger partial charge in [0, 0.05) is 31.4 Å². The maximum Gasteiger partial charge on any atom is 0.219 e. The van der Waals surface area contributed by atoms with Gasteiger partial charge < -0.3 is 10.0 Å². The molecular formula is C31H50N2O2. The molecule has 1 aromatic heterocycles. The van der Waals surface area contributed by atoms with Crippen molar-refractivity contribution in [3.8, 4) is 0 Å². The fourth-order valence-corrected chi connectivity index (χ4v) is 7.40. The second kappa shape index (κ2) is 9.65. The second-order valence-corrected chi connectivity index (χ2v) is 13.3. The molecule has 0 unspecified atom stereocenters. The molecular weight excluding hydrogens is 432 g/mol. The van der Waals surface area contributed by atoms with Crippen LogP contribution >= 0.6 is 0 Å². The third-order valence-corrected chi connectivity index (χ3v) is 10.8. The van der Waals surface area contributed by atoms with Crippen LogP contribution in [-0.2, 0) is 4.79 Å². The Kier molecular flexibility index (Phi) is 7.69. The van der Waals surface area contributed by atoms with Crippen molar-refractivity contribution >= 4 is 11.5 Å². The van der Waals surface area contributed by atoms with Crippen molar-refractivity contribution in [2.75, 3.05) is 6.54 Å². The number of aromatic nitrogens is 1. The molecule has 1 N–H and O–H groups in total. The summed E-state index contributed by atoms with van der Waals surface area (Å²) in [6.45, 7) is 21.3. The Morgan fingerprint density at radius 2 is 1.91 bits per heavy atom. The van der Waals surface area contributed by atoms with Crippen molar-refractivity contribution < 1.29 is 9.90 Å². The summed E-state index contributed by atoms with van der Waals surface area (Å²) in [5.74, 6) is 0.121. The monoisotopic (exact) mass is 482 g/mol. The summed E-state index contributed by atoms with van der Waals surface area (Å²) in [6.07, 6.45) is 12.5. The van der Waals surface area contributed by atoms with Crippen LogP contribution in [0.5, 0.6) is 0 Å². The summed E-state index contributed by atoms with van der Waals surface area (Å²) < 4.78 is 0. The van der Waals surface area contributed by atoms with Gasteiger partial charge in [-0.3, -0.25) is 9.78 Å². The largest absolute Gasteiger partial charge is 0.393 e. The summed E-state index contributed by atoms with van der Waals surface area (Å²) in [6, 6.07) is 4.23. The Bertz CT molecular complexity index is 937. The molecule has 1 aromatic rings. The number of aliphatic hydroxyl groups is 1. The van der Waals surface area contributed by atoms with Crippen LogP contribution in [0.3, 0.4) is 0 Å². The van der Waals surface area contributed by atoms with Gasteiger partial charge in [0.15, 0.2) is 0 Å². The highest BCUT2D eigenvalue weighted by atomic mass is 16.3. The number of rotatable bonds is 8. The number of hydrogen-bond acceptors (Lipinski definition) is 3. The molecule has 0 spiro atoms. The van der Waals surface area contributed by atoms with Crippen LogP contribution in [0.1, 0.15) is 113 Å². The summed E-state index contributed by atoms with van der Waals surface area (Å²) >= 11 is 0. The van der Waals surface area contributed by atoms with Crippen LogP contribution in [0.4, 0.5) is 0 Å². The minimum absolute atomic E-state index is 0.0228. The number of carbonyl (C=O) groups is 1. The van der Waals surface area contributed by atoms with E-state index in [-0.39, 0.29) is 39.2 Å². The molecule has 4 atom stereocenters. The molecule has 1 amide bonds. The Labute approximate surface area is 214 Å². The summed E-state index contributed by atoms with van der Waals surface area (Å²) in [5, 5.41) is 10.8. The van der Waals surface area contributed by atoms with Gasteiger partial charge in [0.05, 0.1) is 6.10 Å². The first-order chi connectivity index (χ1) is 16.2. The molecule has 1 saturated carbocycles. The zero-order valence-electron chi connectivity index (χ0n) is 23.9. The lowest BCUT2D eigenvalue weighted by Gasteiger charge is -2.63. The quantitative estimate of drug-likeness (QED) is 0.424. The smallest absolute Gasteiger partial charge is 0.219 e. The van der Waals surface area contributed by atoms with Crippen LogP contribution in [0, 0.1) is 21.7 Å². The fraction of sp³-hybridized carbons (Fsp3) is 0.742. The summed E-state index contributed by atoms with van der Waals surface area (Å²) in [7, 11) is 0. The molecule has 35 heavy (non-hydrogen) atoms. The van der Waals surface area contributed by atoms with Crippen molar-refractivity contribution in [3.05, 3.63) is 36.2 Å². The highest BCUT2D eigenvalue weighted by Gasteiger charge is 2.59. The molecule has 196 valence electrons. The number of amides is 1. The van der Waals surface area contributed by atoms with Crippen LogP contribution in [0.25, 0.3) is 5.57 Å². The number of aliphatic hydroxyl groups excluding tert-OH is 1. The van der Waals surface area contributed by atoms with Crippen LogP contribution in [0.2, 0.25) is 0 Å². The Hall–Kier alpha value is -1.68. The average Bonchev–Trinajstić information content (AvgIpc) is 3.02. The molecule has 1 fully saturated rings. The van der Waals surface area contributed by atoms with Gasteiger partial charge in [-0.2, -0.15) is 0 Å². The standard InChI is InChI=1S/C31H50N2O2/c1-10-20-33(23(2)34)31(9)21-25(35)13-16-30(31,8)28(5,6)17-18-29(7)26(14-15-27(29,3)4)24-12-11-19-32-22-24/h11-12,14,19,22,25,35H,10,13,15-18,20-21H2,1-9H3/t25-,29+,30+,31-/m0/s1. The zero-order chi connectivity index (χ0) is 26.3. The lowest BCUT2D eigenvalue weighted by atomic mass is 9.48. The third-order valence-electron chi connectivity index (χ3n) is 10.8. The van der Waals surface area contributed by atoms with E-state index in [1.165, 1.54) is 11.1 Å². The van der Waals surface area contributed by atoms with Crippen molar-refractivity contribution in [1.82, 2.24) is 9.88 Å². The van der Waals surface area contributed by atoms with Crippen molar-refractivity contribution in [2.45, 2.75) is 119 Å². The molecule has 0 saturated heterocycles. The molecule has 3 rings (SSSR count). The first-order valence-corrected chi connectivity index (χ1v) is 13.7. The van der Waals surface area contributed by atoms with E-state index in [0.29, 0.717) is 6.42 Å². The van der Waals surface area contributed by atoms with Crippen LogP contribution < -0.4 is 0 Å². The molecule has 0 aliphatic heterocycles. The molecule has 0 bridgehead atoms.